The van der Waals surface area contributed by atoms with Gasteiger partial charge in [-0.05, 0) is 12.2 Å². The van der Waals surface area contributed by atoms with Gasteiger partial charge >= 0.3 is 0 Å². The fourth-order valence-electron chi connectivity index (χ4n) is 0.774. The van der Waals surface area contributed by atoms with E-state index >= 15 is 0 Å². The number of hydrogen-bond donors (Lipinski definition) is 0. The van der Waals surface area contributed by atoms with Crippen molar-refractivity contribution >= 4 is 0 Å². The van der Waals surface area contributed by atoms with Gasteiger partial charge in [-0.1, -0.05) is 13.2 Å². The van der Waals surface area contributed by atoms with Crippen LogP contribution in [0.1, 0.15) is 0 Å². The average Bonchev–Trinajstić information content (AvgIpc) is 1.64. The number of likely N-dealkylation sites (N-methyl/N-ethyl adjacent to an activating group) is 1. The van der Waals surface area contributed by atoms with Crippen molar-refractivity contribution in [2.24, 2.45) is 0 Å². The summed E-state index contributed by atoms with van der Waals surface area (Å²) in [6.45, 7) is 9.37. The van der Waals surface area contributed by atoms with Crippen molar-refractivity contribution in [2.45, 2.75) is 0 Å². The third kappa shape index (κ3) is 9.73. The Hall–Kier alpha value is -0.270. The van der Waals surface area contributed by atoms with E-state index in [2.05, 4.69) is 27.3 Å². The molecule has 0 N–H and O–H groups in total. The zero-order valence-electron chi connectivity index (χ0n) is 7.31. The maximum Gasteiger partial charge on any atom is 0.0969 e. The third-order valence-corrected chi connectivity index (χ3v) is 1.25. The topological polar surface area (TPSA) is 0 Å². The van der Waals surface area contributed by atoms with Crippen LogP contribution in [0.25, 0.3) is 0 Å². The van der Waals surface area contributed by atoms with Gasteiger partial charge in [-0.3, -0.25) is 0 Å². The molecule has 0 amide bonds. The van der Waals surface area contributed by atoms with Crippen molar-refractivity contribution in [3.8, 4) is 0 Å². The molecule has 0 aromatic carbocycles. The first-order valence-corrected chi connectivity index (χ1v) is 3.16. The van der Waals surface area contributed by atoms with Gasteiger partial charge in [0.1, 0.15) is 0 Å². The molecule has 4 radical (unpaired) electrons. The number of quaternary nitrogens is 1. The Labute approximate surface area is 77.4 Å². The maximum atomic E-state index is 3.68. The van der Waals surface area contributed by atoms with Gasteiger partial charge in [0.05, 0.1) is 27.2 Å². The smallest absolute Gasteiger partial charge is 0.0969 e. The highest BCUT2D eigenvalue weighted by molar-refractivity contribution is 4.69. The highest BCUT2D eigenvalue weighted by Crippen LogP contribution is 1.95. The van der Waals surface area contributed by atoms with E-state index in [0.29, 0.717) is 0 Å². The molecule has 0 fully saturated rings. The van der Waals surface area contributed by atoms with E-state index in [0.717, 1.165) is 17.6 Å². The third-order valence-electron chi connectivity index (χ3n) is 1.25. The zero-order chi connectivity index (χ0) is 7.33. The van der Waals surface area contributed by atoms with E-state index in [-0.39, 0.29) is 19.8 Å². The number of halogens is 1. The summed E-state index contributed by atoms with van der Waals surface area (Å²) in [5.74, 6) is 0. The summed E-state index contributed by atoms with van der Waals surface area (Å²) in [5.41, 5.74) is 0. The van der Waals surface area contributed by atoms with Gasteiger partial charge in [-0.25, -0.2) is 0 Å². The molecule has 0 aliphatic heterocycles. The molecule has 0 spiro atoms. The van der Waals surface area contributed by atoms with Crippen LogP contribution in [0.4, 0.5) is 0 Å². The molecule has 1 nitrogen and oxygen atoms in total. The monoisotopic (exact) mass is 173 g/mol. The molecule has 0 rings (SSSR count). The minimum Gasteiger partial charge on any atom is -1.00 e. The lowest BCUT2D eigenvalue weighted by Crippen LogP contribution is -3.00. The van der Waals surface area contributed by atoms with Crippen LogP contribution in [-0.2, 0) is 0 Å². The summed E-state index contributed by atoms with van der Waals surface area (Å²) in [5, 5.41) is 0. The molecular formula is C9H16ClN. The van der Waals surface area contributed by atoms with Gasteiger partial charge in [0.25, 0.3) is 0 Å². The highest BCUT2D eigenvalue weighted by Gasteiger charge is 2.07. The number of hydrogen-bond acceptors (Lipinski definition) is 0. The van der Waals surface area contributed by atoms with E-state index in [1.807, 2.05) is 12.2 Å². The van der Waals surface area contributed by atoms with Crippen molar-refractivity contribution in [2.75, 3.05) is 27.2 Å². The predicted octanol–water partition coefficient (Wildman–Crippen LogP) is -1.48. The van der Waals surface area contributed by atoms with E-state index in [1.165, 1.54) is 0 Å². The molecule has 64 valence electrons. The minimum atomic E-state index is 0. The molecule has 0 aliphatic rings. The van der Waals surface area contributed by atoms with Crippen LogP contribution in [0.5, 0.6) is 0 Å². The van der Waals surface area contributed by atoms with Crippen LogP contribution in [0.15, 0.2) is 25.3 Å². The zero-order valence-corrected chi connectivity index (χ0v) is 8.06. The van der Waals surface area contributed by atoms with E-state index in [4.69, 9.17) is 0 Å². The summed E-state index contributed by atoms with van der Waals surface area (Å²) in [4.78, 5) is 0. The van der Waals surface area contributed by atoms with Gasteiger partial charge in [0.15, 0.2) is 0 Å². The van der Waals surface area contributed by atoms with Crippen LogP contribution in [0, 0.1) is 7.43 Å². The van der Waals surface area contributed by atoms with Crippen LogP contribution in [-0.4, -0.2) is 31.7 Å². The number of nitrogens with zero attached hydrogens (tertiary/aromatic N) is 1. The molecule has 0 aromatic heterocycles. The molecule has 0 atom stereocenters. The molecule has 0 saturated heterocycles. The molecule has 0 aliphatic carbocycles. The first-order valence-electron chi connectivity index (χ1n) is 3.16. The fourth-order valence-corrected chi connectivity index (χ4v) is 0.774. The quantitative estimate of drug-likeness (QED) is 0.360. The molecular weight excluding hydrogens is 158 g/mol. The molecule has 2 heteroatoms. The van der Waals surface area contributed by atoms with Gasteiger partial charge in [-0.2, -0.15) is 0 Å². The largest absolute Gasteiger partial charge is 1.00 e. The van der Waals surface area contributed by atoms with Crippen LogP contribution in [0.2, 0.25) is 0 Å². The lowest BCUT2D eigenvalue weighted by atomic mass is 10.4. The van der Waals surface area contributed by atoms with Crippen LogP contribution < -0.4 is 12.4 Å². The Bertz CT molecular complexity index is 96.1. The molecule has 0 bridgehead atoms. The van der Waals surface area contributed by atoms with Gasteiger partial charge in [-0.15, -0.1) is 0 Å². The number of rotatable bonds is 4. The molecule has 0 heterocycles. The van der Waals surface area contributed by atoms with Crippen molar-refractivity contribution in [1.82, 2.24) is 0 Å². The van der Waals surface area contributed by atoms with E-state index in [9.17, 15) is 0 Å². The Morgan fingerprint density at radius 3 is 1.55 bits per heavy atom. The highest BCUT2D eigenvalue weighted by atomic mass is 35.5. The van der Waals surface area contributed by atoms with Crippen molar-refractivity contribution in [3.05, 3.63) is 32.7 Å². The molecule has 0 aromatic rings. The summed E-state index contributed by atoms with van der Waals surface area (Å²) in [6.07, 6.45) is 3.87. The normalized spacial score (nSPS) is 8.91. The lowest BCUT2D eigenvalue weighted by Gasteiger charge is -2.26. The second kappa shape index (κ2) is 7.83. The first-order chi connectivity index (χ1) is 4.12. The van der Waals surface area contributed by atoms with Gasteiger partial charge in [0, 0.05) is 7.43 Å². The Morgan fingerprint density at radius 1 is 1.09 bits per heavy atom. The fraction of sp³-hybridized carbons (Fsp3) is 0.444. The first kappa shape index (κ1) is 17.0. The summed E-state index contributed by atoms with van der Waals surface area (Å²) >= 11 is 0. The second-order valence-corrected chi connectivity index (χ2v) is 2.88. The van der Waals surface area contributed by atoms with E-state index < -0.39 is 0 Å². The van der Waals surface area contributed by atoms with Crippen LogP contribution >= 0.6 is 0 Å². The predicted molar refractivity (Wildman–Crippen MR) is 45.5 cm³/mol. The molecule has 0 unspecified atom stereocenters. The van der Waals surface area contributed by atoms with E-state index in [1.54, 1.807) is 0 Å². The lowest BCUT2D eigenvalue weighted by molar-refractivity contribution is -0.878. The molecule has 11 heavy (non-hydrogen) atoms. The standard InChI is InChI=1S/C8H16N.C.ClH/c1-5-7-9(3,4)8-6-2;;/h5-6H,1-2,7-8H2,3-4H3;;1H/q+1;;/p-1. The molecule has 0 saturated carbocycles. The van der Waals surface area contributed by atoms with Gasteiger partial charge in [0.2, 0.25) is 0 Å². The summed E-state index contributed by atoms with van der Waals surface area (Å²) in [7, 11) is 4.31. The summed E-state index contributed by atoms with van der Waals surface area (Å²) < 4.78 is 0.951. The minimum absolute atomic E-state index is 0. The van der Waals surface area contributed by atoms with Crippen LogP contribution in [0.3, 0.4) is 0 Å². The summed E-state index contributed by atoms with van der Waals surface area (Å²) in [6, 6.07) is 0. The SMILES string of the molecule is C=CC[N+](C)(C)CC=C.[C].[Cl-]. The van der Waals surface area contributed by atoms with Crippen molar-refractivity contribution < 1.29 is 16.9 Å². The van der Waals surface area contributed by atoms with Crippen molar-refractivity contribution in [3.63, 3.8) is 0 Å². The van der Waals surface area contributed by atoms with Crippen molar-refractivity contribution in [1.29, 1.82) is 0 Å². The Morgan fingerprint density at radius 2 is 1.36 bits per heavy atom. The maximum absolute atomic E-state index is 3.68. The Balaban J connectivity index is -0.000000320. The Kier molecular flexibility index (Phi) is 12.1. The van der Waals surface area contributed by atoms with Gasteiger partial charge < -0.3 is 16.9 Å². The second-order valence-electron chi connectivity index (χ2n) is 2.88. The average molecular weight is 174 g/mol.